The number of nitrogens with zero attached hydrogens (tertiary/aromatic N) is 2. The van der Waals surface area contributed by atoms with Crippen LogP contribution in [0.3, 0.4) is 0 Å². The van der Waals surface area contributed by atoms with Crippen molar-refractivity contribution >= 4 is 11.5 Å². The number of hydrogen-bond acceptors (Lipinski definition) is 6. The van der Waals surface area contributed by atoms with Gasteiger partial charge in [0.1, 0.15) is 5.75 Å². The normalized spacial score (nSPS) is 13.2. The SMILES string of the molecule is Cc1nnsc1C(NN)c1cccc(OC(F)(F)F)c1. The molecule has 1 unspecified atom stereocenters. The maximum absolute atomic E-state index is 12.2. The summed E-state index contributed by atoms with van der Waals surface area (Å²) < 4.78 is 44.3. The number of benzene rings is 1. The lowest BCUT2D eigenvalue weighted by atomic mass is 10.0. The summed E-state index contributed by atoms with van der Waals surface area (Å²) >= 11 is 1.13. The second kappa shape index (κ2) is 5.73. The zero-order chi connectivity index (χ0) is 14.8. The molecule has 0 aliphatic rings. The Morgan fingerprint density at radius 2 is 2.15 bits per heavy atom. The maximum Gasteiger partial charge on any atom is 0.573 e. The van der Waals surface area contributed by atoms with Gasteiger partial charge >= 0.3 is 6.36 Å². The standard InChI is InChI=1S/C11H11F3N4OS/c1-6-10(20-18-17-6)9(16-15)7-3-2-4-8(5-7)19-11(12,13)14/h2-5,9,16H,15H2,1H3. The van der Waals surface area contributed by atoms with E-state index in [9.17, 15) is 13.2 Å². The van der Waals surface area contributed by atoms with E-state index in [1.807, 2.05) is 0 Å². The number of hydrogen-bond donors (Lipinski definition) is 2. The van der Waals surface area contributed by atoms with E-state index in [1.165, 1.54) is 18.2 Å². The first kappa shape index (κ1) is 14.7. The van der Waals surface area contributed by atoms with Crippen molar-refractivity contribution in [3.8, 4) is 5.75 Å². The third-order valence-corrected chi connectivity index (χ3v) is 3.43. The van der Waals surface area contributed by atoms with E-state index in [2.05, 4.69) is 19.7 Å². The molecule has 0 bridgehead atoms. The second-order valence-electron chi connectivity index (χ2n) is 3.94. The van der Waals surface area contributed by atoms with Gasteiger partial charge in [0, 0.05) is 0 Å². The fraction of sp³-hybridized carbons (Fsp3) is 0.273. The van der Waals surface area contributed by atoms with Crippen molar-refractivity contribution in [3.05, 3.63) is 40.4 Å². The fourth-order valence-corrected chi connectivity index (χ4v) is 2.45. The van der Waals surface area contributed by atoms with E-state index in [0.29, 0.717) is 11.3 Å². The number of aromatic nitrogens is 2. The van der Waals surface area contributed by atoms with Crippen LogP contribution >= 0.6 is 11.5 Å². The summed E-state index contributed by atoms with van der Waals surface area (Å²) in [4.78, 5) is 0.733. The molecule has 2 aromatic rings. The molecule has 1 atom stereocenters. The molecule has 0 spiro atoms. The summed E-state index contributed by atoms with van der Waals surface area (Å²) in [6.07, 6.45) is -4.73. The number of halogens is 3. The third-order valence-electron chi connectivity index (χ3n) is 2.54. The van der Waals surface area contributed by atoms with Crippen LogP contribution in [0.2, 0.25) is 0 Å². The van der Waals surface area contributed by atoms with E-state index in [1.54, 1.807) is 13.0 Å². The summed E-state index contributed by atoms with van der Waals surface area (Å²) in [5.41, 5.74) is 3.74. The predicted octanol–water partition coefficient (Wildman–Crippen LogP) is 2.30. The topological polar surface area (TPSA) is 73.1 Å². The molecule has 9 heteroatoms. The summed E-state index contributed by atoms with van der Waals surface area (Å²) in [5.74, 6) is 5.18. The summed E-state index contributed by atoms with van der Waals surface area (Å²) in [6, 6.07) is 5.11. The number of aryl methyl sites for hydroxylation is 1. The van der Waals surface area contributed by atoms with Crippen LogP contribution in [0, 0.1) is 6.92 Å². The number of nitrogens with two attached hydrogens (primary N) is 1. The minimum absolute atomic E-state index is 0.301. The van der Waals surface area contributed by atoms with Crippen molar-refractivity contribution in [1.82, 2.24) is 15.0 Å². The van der Waals surface area contributed by atoms with Crippen LogP contribution < -0.4 is 16.0 Å². The minimum Gasteiger partial charge on any atom is -0.406 e. The Morgan fingerprint density at radius 3 is 2.70 bits per heavy atom. The van der Waals surface area contributed by atoms with Gasteiger partial charge in [-0.1, -0.05) is 16.6 Å². The first-order valence-corrected chi connectivity index (χ1v) is 6.28. The molecular formula is C11H11F3N4OS. The smallest absolute Gasteiger partial charge is 0.406 e. The first-order chi connectivity index (χ1) is 9.40. The van der Waals surface area contributed by atoms with Gasteiger partial charge in [-0.25, -0.2) is 5.43 Å². The number of alkyl halides is 3. The minimum atomic E-state index is -4.73. The third kappa shape index (κ3) is 3.44. The molecule has 0 aliphatic heterocycles. The van der Waals surface area contributed by atoms with Crippen molar-refractivity contribution in [1.29, 1.82) is 0 Å². The Morgan fingerprint density at radius 1 is 1.40 bits per heavy atom. The van der Waals surface area contributed by atoms with Crippen molar-refractivity contribution < 1.29 is 17.9 Å². The lowest BCUT2D eigenvalue weighted by Crippen LogP contribution is -2.28. The molecule has 108 valence electrons. The Kier molecular flexibility index (Phi) is 4.21. The van der Waals surface area contributed by atoms with Gasteiger partial charge in [0.15, 0.2) is 0 Å². The van der Waals surface area contributed by atoms with Crippen molar-refractivity contribution in [2.75, 3.05) is 0 Å². The van der Waals surface area contributed by atoms with Gasteiger partial charge < -0.3 is 4.74 Å². The molecule has 20 heavy (non-hydrogen) atoms. The molecule has 0 amide bonds. The molecule has 1 aromatic heterocycles. The van der Waals surface area contributed by atoms with Gasteiger partial charge in [0.2, 0.25) is 0 Å². The molecule has 1 aromatic carbocycles. The Balaban J connectivity index is 2.32. The number of nitrogens with one attached hydrogen (secondary N) is 1. The lowest BCUT2D eigenvalue weighted by molar-refractivity contribution is -0.274. The van der Waals surface area contributed by atoms with Crippen LogP contribution in [-0.4, -0.2) is 15.9 Å². The van der Waals surface area contributed by atoms with Crippen molar-refractivity contribution in [3.63, 3.8) is 0 Å². The van der Waals surface area contributed by atoms with Gasteiger partial charge in [-0.2, -0.15) is 0 Å². The molecule has 0 saturated carbocycles. The van der Waals surface area contributed by atoms with Gasteiger partial charge in [-0.15, -0.1) is 18.3 Å². The highest BCUT2D eigenvalue weighted by Gasteiger charge is 2.31. The van der Waals surface area contributed by atoms with Crippen LogP contribution in [0.15, 0.2) is 24.3 Å². The highest BCUT2D eigenvalue weighted by atomic mass is 32.1. The lowest BCUT2D eigenvalue weighted by Gasteiger charge is -2.16. The van der Waals surface area contributed by atoms with Gasteiger partial charge in [-0.05, 0) is 36.2 Å². The average molecular weight is 304 g/mol. The largest absolute Gasteiger partial charge is 0.573 e. The number of hydrazine groups is 1. The van der Waals surface area contributed by atoms with Gasteiger partial charge in [0.05, 0.1) is 16.6 Å². The summed E-state index contributed by atoms with van der Waals surface area (Å²) in [5, 5.41) is 3.85. The summed E-state index contributed by atoms with van der Waals surface area (Å²) in [7, 11) is 0. The van der Waals surface area contributed by atoms with E-state index in [-0.39, 0.29) is 5.75 Å². The Bertz CT molecular complexity index is 587. The quantitative estimate of drug-likeness (QED) is 0.670. The fourth-order valence-electron chi connectivity index (χ4n) is 1.72. The van der Waals surface area contributed by atoms with Crippen LogP contribution in [-0.2, 0) is 0 Å². The zero-order valence-corrected chi connectivity index (χ0v) is 11.1. The maximum atomic E-state index is 12.2. The highest BCUT2D eigenvalue weighted by molar-refractivity contribution is 7.05. The van der Waals surface area contributed by atoms with Crippen LogP contribution in [0.4, 0.5) is 13.2 Å². The Hall–Kier alpha value is -1.71. The molecule has 5 nitrogen and oxygen atoms in total. The molecule has 1 heterocycles. The number of rotatable bonds is 4. The molecule has 0 saturated heterocycles. The Labute approximate surface area is 116 Å². The molecule has 0 fully saturated rings. The van der Waals surface area contributed by atoms with Crippen molar-refractivity contribution in [2.24, 2.45) is 5.84 Å². The summed E-state index contributed by atoms with van der Waals surface area (Å²) in [6.45, 7) is 1.75. The van der Waals surface area contributed by atoms with E-state index in [0.717, 1.165) is 16.4 Å². The number of ether oxygens (including phenoxy) is 1. The van der Waals surface area contributed by atoms with Gasteiger partial charge in [-0.3, -0.25) is 5.84 Å². The van der Waals surface area contributed by atoms with Crippen LogP contribution in [0.1, 0.15) is 22.2 Å². The molecule has 0 aliphatic carbocycles. The second-order valence-corrected chi connectivity index (χ2v) is 4.73. The molecule has 3 N–H and O–H groups in total. The highest BCUT2D eigenvalue weighted by Crippen LogP contribution is 2.30. The molecular weight excluding hydrogens is 293 g/mol. The monoisotopic (exact) mass is 304 g/mol. The van der Waals surface area contributed by atoms with E-state index < -0.39 is 12.4 Å². The molecule has 2 rings (SSSR count). The predicted molar refractivity (Wildman–Crippen MR) is 66.9 cm³/mol. The zero-order valence-electron chi connectivity index (χ0n) is 10.3. The molecule has 0 radical (unpaired) electrons. The first-order valence-electron chi connectivity index (χ1n) is 5.51. The van der Waals surface area contributed by atoms with Crippen molar-refractivity contribution in [2.45, 2.75) is 19.3 Å². The van der Waals surface area contributed by atoms with E-state index >= 15 is 0 Å². The average Bonchev–Trinajstić information content (AvgIpc) is 2.75. The van der Waals surface area contributed by atoms with E-state index in [4.69, 9.17) is 5.84 Å². The van der Waals surface area contributed by atoms with Gasteiger partial charge in [0.25, 0.3) is 0 Å². The van der Waals surface area contributed by atoms with Crippen LogP contribution in [0.25, 0.3) is 0 Å². The van der Waals surface area contributed by atoms with Crippen LogP contribution in [0.5, 0.6) is 5.75 Å².